The van der Waals surface area contributed by atoms with Crippen LogP contribution in [-0.4, -0.2) is 51.7 Å². The van der Waals surface area contributed by atoms with Crippen LogP contribution in [-0.2, 0) is 19.8 Å². The lowest BCUT2D eigenvalue weighted by molar-refractivity contribution is -0.143. The van der Waals surface area contributed by atoms with Gasteiger partial charge in [0.2, 0.25) is 0 Å². The lowest BCUT2D eigenvalue weighted by Crippen LogP contribution is -2.48. The summed E-state index contributed by atoms with van der Waals surface area (Å²) in [6.45, 7) is 2.56. The Morgan fingerprint density at radius 2 is 2.00 bits per heavy atom. The molecule has 3 heterocycles. The number of nitrogens with zero attached hydrogens (tertiary/aromatic N) is 4. The maximum absolute atomic E-state index is 13.0. The van der Waals surface area contributed by atoms with Crippen molar-refractivity contribution in [3.05, 3.63) is 40.6 Å². The molecule has 1 amide bonds. The number of piperazine rings is 1. The molecule has 0 saturated carbocycles. The second-order valence-corrected chi connectivity index (χ2v) is 6.16. The van der Waals surface area contributed by atoms with Crippen molar-refractivity contribution in [1.29, 1.82) is 0 Å². The van der Waals surface area contributed by atoms with Crippen LogP contribution in [0.15, 0.2) is 22.8 Å². The Hall–Kier alpha value is -2.00. The monoisotopic (exact) mass is 376 g/mol. The van der Waals surface area contributed by atoms with Gasteiger partial charge in [-0.3, -0.25) is 14.4 Å². The molecular weight excluding hydrogens is 361 g/mol. The smallest absolute Gasteiger partial charge is 0.434 e. The van der Waals surface area contributed by atoms with Crippen molar-refractivity contribution in [3.8, 4) is 0 Å². The van der Waals surface area contributed by atoms with Gasteiger partial charge < -0.3 is 9.32 Å². The number of hydrogen-bond donors (Lipinski definition) is 0. The molecule has 10 heteroatoms. The van der Waals surface area contributed by atoms with Crippen LogP contribution in [0.3, 0.4) is 0 Å². The van der Waals surface area contributed by atoms with Crippen molar-refractivity contribution in [1.82, 2.24) is 19.6 Å². The lowest BCUT2D eigenvalue weighted by atomic mass is 10.2. The van der Waals surface area contributed by atoms with Gasteiger partial charge in [-0.1, -0.05) is 11.6 Å². The highest BCUT2D eigenvalue weighted by Crippen LogP contribution is 2.36. The molecule has 1 saturated heterocycles. The normalized spacial score (nSPS) is 16.4. The zero-order chi connectivity index (χ0) is 18.2. The molecule has 0 unspecified atom stereocenters. The van der Waals surface area contributed by atoms with Crippen molar-refractivity contribution >= 4 is 17.5 Å². The Labute approximate surface area is 146 Å². The van der Waals surface area contributed by atoms with Gasteiger partial charge in [-0.05, 0) is 12.1 Å². The fourth-order valence-corrected chi connectivity index (χ4v) is 3.17. The van der Waals surface area contributed by atoms with Gasteiger partial charge in [0.25, 0.3) is 5.91 Å². The van der Waals surface area contributed by atoms with Gasteiger partial charge in [-0.15, -0.1) is 0 Å². The summed E-state index contributed by atoms with van der Waals surface area (Å²) < 4.78 is 44.8. The summed E-state index contributed by atoms with van der Waals surface area (Å²) in [5.41, 5.74) is -1.48. The molecule has 0 radical (unpaired) electrons. The molecule has 0 N–H and O–H groups in total. The van der Waals surface area contributed by atoms with E-state index in [0.717, 1.165) is 12.8 Å². The van der Waals surface area contributed by atoms with Crippen LogP contribution in [0.25, 0.3) is 0 Å². The predicted octanol–water partition coefficient (Wildman–Crippen LogP) is 2.64. The first-order valence-corrected chi connectivity index (χ1v) is 7.99. The summed E-state index contributed by atoms with van der Waals surface area (Å²) >= 11 is 5.78. The maximum atomic E-state index is 13.0. The zero-order valence-electron chi connectivity index (χ0n) is 13.4. The number of rotatable bonds is 3. The van der Waals surface area contributed by atoms with E-state index in [0.29, 0.717) is 37.4 Å². The minimum atomic E-state index is -4.67. The van der Waals surface area contributed by atoms with Gasteiger partial charge in [0.15, 0.2) is 11.4 Å². The van der Waals surface area contributed by atoms with E-state index in [-0.39, 0.29) is 5.69 Å². The molecule has 0 atom stereocenters. The summed E-state index contributed by atoms with van der Waals surface area (Å²) in [7, 11) is 1.12. The fraction of sp³-hybridized carbons (Fsp3) is 0.467. The van der Waals surface area contributed by atoms with E-state index in [2.05, 4.69) is 10.00 Å². The van der Waals surface area contributed by atoms with E-state index < -0.39 is 22.8 Å². The molecule has 0 aliphatic carbocycles. The molecule has 0 spiro atoms. The molecule has 1 aliphatic rings. The van der Waals surface area contributed by atoms with Gasteiger partial charge in [0, 0.05) is 33.2 Å². The first-order chi connectivity index (χ1) is 11.8. The van der Waals surface area contributed by atoms with Crippen molar-refractivity contribution in [2.75, 3.05) is 26.2 Å². The van der Waals surface area contributed by atoms with E-state index in [1.807, 2.05) is 6.07 Å². The summed E-state index contributed by atoms with van der Waals surface area (Å²) in [6.07, 6.45) is -3.07. The van der Waals surface area contributed by atoms with Gasteiger partial charge in [-0.25, -0.2) is 0 Å². The lowest BCUT2D eigenvalue weighted by Gasteiger charge is -2.33. The van der Waals surface area contributed by atoms with Crippen molar-refractivity contribution in [2.24, 2.45) is 7.05 Å². The number of aromatic nitrogens is 2. The molecule has 1 fully saturated rings. The number of halogens is 4. The third-order valence-corrected chi connectivity index (χ3v) is 4.44. The zero-order valence-corrected chi connectivity index (χ0v) is 14.1. The fourth-order valence-electron chi connectivity index (χ4n) is 2.82. The van der Waals surface area contributed by atoms with Crippen molar-refractivity contribution in [3.63, 3.8) is 0 Å². The quantitative estimate of drug-likeness (QED) is 0.826. The van der Waals surface area contributed by atoms with E-state index in [1.54, 1.807) is 12.3 Å². The topological polar surface area (TPSA) is 54.5 Å². The number of furan rings is 1. The van der Waals surface area contributed by atoms with Crippen LogP contribution in [0.2, 0.25) is 5.02 Å². The van der Waals surface area contributed by atoms with E-state index in [1.165, 1.54) is 4.90 Å². The standard InChI is InChI=1S/C15H16ClF3N4O2/c1-21-13(15(17,18)19)11(16)12(20-21)14(24)23-6-4-22(5-7-23)9-10-3-2-8-25-10/h2-3,8H,4-7,9H2,1H3. The molecule has 2 aromatic rings. The average molecular weight is 377 g/mol. The Balaban J connectivity index is 1.67. The third-order valence-electron chi connectivity index (χ3n) is 4.08. The molecule has 3 rings (SSSR count). The minimum absolute atomic E-state index is 0.365. The summed E-state index contributed by atoms with van der Waals surface area (Å²) in [6, 6.07) is 3.67. The summed E-state index contributed by atoms with van der Waals surface area (Å²) in [5, 5.41) is 3.02. The summed E-state index contributed by atoms with van der Waals surface area (Å²) in [5.74, 6) is 0.233. The van der Waals surface area contributed by atoms with Crippen LogP contribution in [0.1, 0.15) is 21.9 Å². The van der Waals surface area contributed by atoms with Crippen LogP contribution in [0, 0.1) is 0 Å². The van der Waals surface area contributed by atoms with Gasteiger partial charge in [-0.2, -0.15) is 18.3 Å². The highest BCUT2D eigenvalue weighted by Gasteiger charge is 2.40. The number of amides is 1. The van der Waals surface area contributed by atoms with Gasteiger partial charge >= 0.3 is 6.18 Å². The molecule has 0 bridgehead atoms. The molecule has 0 aromatic carbocycles. The summed E-state index contributed by atoms with van der Waals surface area (Å²) in [4.78, 5) is 16.1. The predicted molar refractivity (Wildman–Crippen MR) is 83.1 cm³/mol. The molecule has 2 aromatic heterocycles. The van der Waals surface area contributed by atoms with Crippen LogP contribution in [0.4, 0.5) is 13.2 Å². The van der Waals surface area contributed by atoms with Crippen molar-refractivity contribution < 1.29 is 22.4 Å². The second-order valence-electron chi connectivity index (χ2n) is 5.78. The molecule has 6 nitrogen and oxygen atoms in total. The minimum Gasteiger partial charge on any atom is -0.468 e. The Kier molecular flexibility index (Phi) is 4.79. The number of hydrogen-bond acceptors (Lipinski definition) is 4. The van der Waals surface area contributed by atoms with E-state index >= 15 is 0 Å². The van der Waals surface area contributed by atoms with Crippen molar-refractivity contribution in [2.45, 2.75) is 12.7 Å². The Morgan fingerprint density at radius 1 is 1.32 bits per heavy atom. The molecular formula is C15H16ClF3N4O2. The number of carbonyl (C=O) groups is 1. The molecule has 25 heavy (non-hydrogen) atoms. The highest BCUT2D eigenvalue weighted by molar-refractivity contribution is 6.34. The van der Waals surface area contributed by atoms with Crippen LogP contribution < -0.4 is 0 Å². The average Bonchev–Trinajstić information content (AvgIpc) is 3.14. The highest BCUT2D eigenvalue weighted by atomic mass is 35.5. The van der Waals surface area contributed by atoms with E-state index in [9.17, 15) is 18.0 Å². The van der Waals surface area contributed by atoms with Crippen LogP contribution >= 0.6 is 11.6 Å². The van der Waals surface area contributed by atoms with Gasteiger partial charge in [0.05, 0.1) is 12.8 Å². The largest absolute Gasteiger partial charge is 0.468 e. The number of alkyl halides is 3. The van der Waals surface area contributed by atoms with E-state index in [4.69, 9.17) is 16.0 Å². The molecule has 1 aliphatic heterocycles. The SMILES string of the molecule is Cn1nc(C(=O)N2CCN(Cc3ccco3)CC2)c(Cl)c1C(F)(F)F. The van der Waals surface area contributed by atoms with Gasteiger partial charge in [0.1, 0.15) is 10.8 Å². The first-order valence-electron chi connectivity index (χ1n) is 7.61. The maximum Gasteiger partial charge on any atom is 0.434 e. The second kappa shape index (κ2) is 6.72. The molecule has 136 valence electrons. The Bertz CT molecular complexity index is 750. The number of aryl methyl sites for hydroxylation is 1. The number of carbonyl (C=O) groups excluding carboxylic acids is 1. The first kappa shape index (κ1) is 17.8. The third kappa shape index (κ3) is 3.67. The van der Waals surface area contributed by atoms with Crippen LogP contribution in [0.5, 0.6) is 0 Å². The Morgan fingerprint density at radius 3 is 2.52 bits per heavy atom.